The first kappa shape index (κ1) is 13.5. The molecular formula is C14H20FNO2. The van der Waals surface area contributed by atoms with Crippen LogP contribution in [0.2, 0.25) is 0 Å². The Morgan fingerprint density at radius 2 is 1.94 bits per heavy atom. The van der Waals surface area contributed by atoms with Crippen LogP contribution in [0.5, 0.6) is 0 Å². The lowest BCUT2D eigenvalue weighted by Crippen LogP contribution is -2.23. The summed E-state index contributed by atoms with van der Waals surface area (Å²) in [6, 6.07) is 6.07. The molecule has 1 aliphatic rings. The van der Waals surface area contributed by atoms with Gasteiger partial charge < -0.3 is 15.2 Å². The lowest BCUT2D eigenvalue weighted by Gasteiger charge is -2.22. The Labute approximate surface area is 107 Å². The zero-order valence-electron chi connectivity index (χ0n) is 10.5. The zero-order valence-corrected chi connectivity index (χ0v) is 10.5. The largest absolute Gasteiger partial charge is 0.381 e. The van der Waals surface area contributed by atoms with Gasteiger partial charge in [-0.3, -0.25) is 0 Å². The number of hydrogen-bond acceptors (Lipinski definition) is 3. The monoisotopic (exact) mass is 253 g/mol. The molecule has 4 heteroatoms. The molecule has 18 heavy (non-hydrogen) atoms. The molecule has 2 N–H and O–H groups in total. The molecule has 0 saturated carbocycles. The molecule has 1 saturated heterocycles. The molecule has 1 aromatic rings. The molecule has 0 bridgehead atoms. The van der Waals surface area contributed by atoms with Crippen molar-refractivity contribution < 1.29 is 13.9 Å². The van der Waals surface area contributed by atoms with Gasteiger partial charge in [-0.15, -0.1) is 0 Å². The molecule has 0 aliphatic carbocycles. The fourth-order valence-corrected chi connectivity index (χ4v) is 2.08. The SMILES string of the molecule is NC(COCC1CCOCC1)c1ccc(F)cc1. The second kappa shape index (κ2) is 6.83. The number of nitrogens with two attached hydrogens (primary N) is 1. The lowest BCUT2D eigenvalue weighted by atomic mass is 10.0. The van der Waals surface area contributed by atoms with Crippen molar-refractivity contribution in [2.45, 2.75) is 18.9 Å². The second-order valence-electron chi connectivity index (χ2n) is 4.75. The number of rotatable bonds is 5. The van der Waals surface area contributed by atoms with Gasteiger partial charge in [-0.1, -0.05) is 12.1 Å². The molecule has 1 heterocycles. The lowest BCUT2D eigenvalue weighted by molar-refractivity contribution is 0.0174. The minimum absolute atomic E-state index is 0.189. The molecule has 1 aliphatic heterocycles. The number of ether oxygens (including phenoxy) is 2. The number of halogens is 1. The smallest absolute Gasteiger partial charge is 0.123 e. The van der Waals surface area contributed by atoms with Crippen molar-refractivity contribution in [3.63, 3.8) is 0 Å². The van der Waals surface area contributed by atoms with Crippen molar-refractivity contribution in [1.29, 1.82) is 0 Å². The Balaban J connectivity index is 1.70. The average molecular weight is 253 g/mol. The molecule has 1 atom stereocenters. The summed E-state index contributed by atoms with van der Waals surface area (Å²) in [6.07, 6.45) is 2.12. The van der Waals surface area contributed by atoms with Crippen LogP contribution in [-0.2, 0) is 9.47 Å². The summed E-state index contributed by atoms with van der Waals surface area (Å²) in [5, 5.41) is 0. The van der Waals surface area contributed by atoms with Gasteiger partial charge in [0.1, 0.15) is 5.82 Å². The first-order valence-electron chi connectivity index (χ1n) is 6.42. The van der Waals surface area contributed by atoms with Crippen LogP contribution < -0.4 is 5.73 Å². The van der Waals surface area contributed by atoms with Crippen LogP contribution in [0.25, 0.3) is 0 Å². The molecule has 2 rings (SSSR count). The maximum absolute atomic E-state index is 12.8. The van der Waals surface area contributed by atoms with Crippen LogP contribution in [-0.4, -0.2) is 26.4 Å². The van der Waals surface area contributed by atoms with Gasteiger partial charge in [-0.05, 0) is 36.5 Å². The van der Waals surface area contributed by atoms with Crippen molar-refractivity contribution in [3.05, 3.63) is 35.6 Å². The number of benzene rings is 1. The zero-order chi connectivity index (χ0) is 12.8. The Morgan fingerprint density at radius 1 is 1.28 bits per heavy atom. The third kappa shape index (κ3) is 4.05. The molecular weight excluding hydrogens is 233 g/mol. The number of hydrogen-bond donors (Lipinski definition) is 1. The molecule has 0 spiro atoms. The van der Waals surface area contributed by atoms with Gasteiger partial charge in [0.15, 0.2) is 0 Å². The standard InChI is InChI=1S/C14H20FNO2/c15-13-3-1-12(2-4-13)14(16)10-18-9-11-5-7-17-8-6-11/h1-4,11,14H,5-10,16H2. The maximum Gasteiger partial charge on any atom is 0.123 e. The van der Waals surface area contributed by atoms with Crippen LogP contribution >= 0.6 is 0 Å². The predicted octanol–water partition coefficient (Wildman–Crippen LogP) is 2.27. The third-order valence-electron chi connectivity index (χ3n) is 3.29. The predicted molar refractivity (Wildman–Crippen MR) is 67.7 cm³/mol. The normalized spacial score (nSPS) is 18.8. The molecule has 3 nitrogen and oxygen atoms in total. The molecule has 0 radical (unpaired) electrons. The Hall–Kier alpha value is -0.970. The van der Waals surface area contributed by atoms with Crippen molar-refractivity contribution in [3.8, 4) is 0 Å². The van der Waals surface area contributed by atoms with Crippen LogP contribution in [0.4, 0.5) is 4.39 Å². The minimum atomic E-state index is -0.242. The van der Waals surface area contributed by atoms with E-state index in [0.717, 1.165) is 38.2 Å². The summed E-state index contributed by atoms with van der Waals surface area (Å²) in [6.45, 7) is 2.87. The first-order chi connectivity index (χ1) is 8.75. The van der Waals surface area contributed by atoms with E-state index in [1.165, 1.54) is 12.1 Å². The van der Waals surface area contributed by atoms with E-state index in [-0.39, 0.29) is 11.9 Å². The Bertz CT molecular complexity index is 349. The second-order valence-corrected chi connectivity index (χ2v) is 4.75. The van der Waals surface area contributed by atoms with E-state index in [1.807, 2.05) is 0 Å². The van der Waals surface area contributed by atoms with Gasteiger partial charge in [-0.25, -0.2) is 4.39 Å². The molecule has 0 aromatic heterocycles. The molecule has 100 valence electrons. The highest BCUT2D eigenvalue weighted by Crippen LogP contribution is 2.16. The Kier molecular flexibility index (Phi) is 5.11. The van der Waals surface area contributed by atoms with Crippen molar-refractivity contribution in [1.82, 2.24) is 0 Å². The van der Waals surface area contributed by atoms with Crippen LogP contribution in [0.15, 0.2) is 24.3 Å². The van der Waals surface area contributed by atoms with E-state index < -0.39 is 0 Å². The van der Waals surface area contributed by atoms with E-state index in [0.29, 0.717) is 12.5 Å². The van der Waals surface area contributed by atoms with Gasteiger partial charge in [0, 0.05) is 19.8 Å². The minimum Gasteiger partial charge on any atom is -0.381 e. The molecule has 1 aromatic carbocycles. The average Bonchev–Trinajstić information content (AvgIpc) is 2.40. The van der Waals surface area contributed by atoms with Crippen LogP contribution in [0.3, 0.4) is 0 Å². The van der Waals surface area contributed by atoms with E-state index in [4.69, 9.17) is 15.2 Å². The van der Waals surface area contributed by atoms with E-state index in [9.17, 15) is 4.39 Å². The molecule has 1 fully saturated rings. The highest BCUT2D eigenvalue weighted by Gasteiger charge is 2.14. The topological polar surface area (TPSA) is 44.5 Å². The van der Waals surface area contributed by atoms with Crippen molar-refractivity contribution >= 4 is 0 Å². The van der Waals surface area contributed by atoms with Gasteiger partial charge in [0.05, 0.1) is 12.6 Å². The maximum atomic E-state index is 12.8. The van der Waals surface area contributed by atoms with Gasteiger partial charge in [-0.2, -0.15) is 0 Å². The van der Waals surface area contributed by atoms with Gasteiger partial charge >= 0.3 is 0 Å². The summed E-state index contributed by atoms with van der Waals surface area (Å²) >= 11 is 0. The summed E-state index contributed by atoms with van der Waals surface area (Å²) in [4.78, 5) is 0. The quantitative estimate of drug-likeness (QED) is 0.875. The highest BCUT2D eigenvalue weighted by atomic mass is 19.1. The van der Waals surface area contributed by atoms with Gasteiger partial charge in [0.25, 0.3) is 0 Å². The summed E-state index contributed by atoms with van der Waals surface area (Å²) < 4.78 is 23.7. The molecule has 0 amide bonds. The summed E-state index contributed by atoms with van der Waals surface area (Å²) in [5.41, 5.74) is 6.89. The Morgan fingerprint density at radius 3 is 2.61 bits per heavy atom. The first-order valence-corrected chi connectivity index (χ1v) is 6.42. The van der Waals surface area contributed by atoms with E-state index in [2.05, 4.69) is 0 Å². The van der Waals surface area contributed by atoms with Crippen molar-refractivity contribution in [2.75, 3.05) is 26.4 Å². The van der Waals surface area contributed by atoms with Gasteiger partial charge in [0.2, 0.25) is 0 Å². The molecule has 1 unspecified atom stereocenters. The van der Waals surface area contributed by atoms with E-state index in [1.54, 1.807) is 12.1 Å². The third-order valence-corrected chi connectivity index (χ3v) is 3.29. The van der Waals surface area contributed by atoms with Crippen LogP contribution in [0, 0.1) is 11.7 Å². The fourth-order valence-electron chi connectivity index (χ4n) is 2.08. The highest BCUT2D eigenvalue weighted by molar-refractivity contribution is 5.19. The fraction of sp³-hybridized carbons (Fsp3) is 0.571. The summed E-state index contributed by atoms with van der Waals surface area (Å²) in [7, 11) is 0. The summed E-state index contributed by atoms with van der Waals surface area (Å²) in [5.74, 6) is 0.341. The van der Waals surface area contributed by atoms with Crippen LogP contribution in [0.1, 0.15) is 24.4 Å². The van der Waals surface area contributed by atoms with E-state index >= 15 is 0 Å². The van der Waals surface area contributed by atoms with Crippen molar-refractivity contribution in [2.24, 2.45) is 11.7 Å².